The van der Waals surface area contributed by atoms with E-state index < -0.39 is 0 Å². The molecule has 0 unspecified atom stereocenters. The van der Waals surface area contributed by atoms with Crippen LogP contribution in [0, 0.1) is 0 Å². The topological polar surface area (TPSA) is 29.5 Å². The van der Waals surface area contributed by atoms with E-state index in [0.717, 1.165) is 21.2 Å². The lowest BCUT2D eigenvalue weighted by molar-refractivity contribution is 0.0955. The molecule has 2 aromatic rings. The lowest BCUT2D eigenvalue weighted by Gasteiger charge is -2.15. The van der Waals surface area contributed by atoms with Crippen molar-refractivity contribution in [1.82, 2.24) is 4.90 Å². The molecule has 0 radical (unpaired) electrons. The third-order valence-corrected chi connectivity index (χ3v) is 4.35. The average molecular weight is 367 g/mol. The molecule has 3 rings (SSSR count). The fourth-order valence-electron chi connectivity index (χ4n) is 2.37. The molecule has 21 heavy (non-hydrogen) atoms. The van der Waals surface area contributed by atoms with E-state index in [9.17, 15) is 4.79 Å². The van der Waals surface area contributed by atoms with Gasteiger partial charge in [0.25, 0.3) is 0 Å². The molecule has 2 aromatic carbocycles. The zero-order valence-electron chi connectivity index (χ0n) is 11.2. The van der Waals surface area contributed by atoms with Gasteiger partial charge in [-0.15, -0.1) is 0 Å². The number of benzene rings is 2. The van der Waals surface area contributed by atoms with E-state index >= 15 is 0 Å². The second kappa shape index (κ2) is 6.08. The van der Waals surface area contributed by atoms with Crippen molar-refractivity contribution < 1.29 is 9.53 Å². The van der Waals surface area contributed by atoms with E-state index in [1.54, 1.807) is 4.90 Å². The highest BCUT2D eigenvalue weighted by molar-refractivity contribution is 9.10. The minimum atomic E-state index is -0.307. The van der Waals surface area contributed by atoms with Crippen LogP contribution in [0.1, 0.15) is 16.7 Å². The van der Waals surface area contributed by atoms with Crippen molar-refractivity contribution in [2.75, 3.05) is 0 Å². The van der Waals surface area contributed by atoms with Gasteiger partial charge < -0.3 is 4.74 Å². The SMILES string of the molecule is O=C(OCc1ccccc1)N1Cc2cc(Cl)cc(Br)c2C1. The van der Waals surface area contributed by atoms with Gasteiger partial charge in [0.2, 0.25) is 0 Å². The monoisotopic (exact) mass is 365 g/mol. The average Bonchev–Trinajstić information content (AvgIpc) is 2.90. The number of rotatable bonds is 2. The maximum absolute atomic E-state index is 12.1. The van der Waals surface area contributed by atoms with Crippen LogP contribution in [0.15, 0.2) is 46.9 Å². The summed E-state index contributed by atoms with van der Waals surface area (Å²) in [5, 5.41) is 0.667. The highest BCUT2D eigenvalue weighted by Gasteiger charge is 2.26. The summed E-state index contributed by atoms with van der Waals surface area (Å²) in [5.74, 6) is 0. The molecule has 0 bridgehead atoms. The van der Waals surface area contributed by atoms with Crippen molar-refractivity contribution >= 4 is 33.6 Å². The van der Waals surface area contributed by atoms with E-state index in [-0.39, 0.29) is 12.7 Å². The Kier molecular flexibility index (Phi) is 4.17. The lowest BCUT2D eigenvalue weighted by Crippen LogP contribution is -2.26. The summed E-state index contributed by atoms with van der Waals surface area (Å²) in [5.41, 5.74) is 3.13. The number of nitrogens with zero attached hydrogens (tertiary/aromatic N) is 1. The number of carbonyl (C=O) groups is 1. The standard InChI is InChI=1S/C16H13BrClNO2/c17-15-7-13(18)6-12-8-19(9-14(12)15)16(20)21-10-11-4-2-1-3-5-11/h1-7H,8-10H2. The second-order valence-electron chi connectivity index (χ2n) is 4.92. The van der Waals surface area contributed by atoms with E-state index in [2.05, 4.69) is 15.9 Å². The molecule has 3 nitrogen and oxygen atoms in total. The third-order valence-electron chi connectivity index (χ3n) is 3.43. The van der Waals surface area contributed by atoms with Crippen LogP contribution in [0.25, 0.3) is 0 Å². The Hall–Kier alpha value is -1.52. The van der Waals surface area contributed by atoms with Crippen LogP contribution < -0.4 is 0 Å². The quantitative estimate of drug-likeness (QED) is 0.767. The Balaban J connectivity index is 1.64. The number of ether oxygens (including phenoxy) is 1. The summed E-state index contributed by atoms with van der Waals surface area (Å²) < 4.78 is 6.29. The van der Waals surface area contributed by atoms with Crippen LogP contribution in [0.2, 0.25) is 5.02 Å². The number of fused-ring (bicyclic) bond motifs is 1. The number of hydrogen-bond acceptors (Lipinski definition) is 2. The van der Waals surface area contributed by atoms with E-state index in [4.69, 9.17) is 16.3 Å². The molecule has 1 heterocycles. The van der Waals surface area contributed by atoms with Gasteiger partial charge >= 0.3 is 6.09 Å². The van der Waals surface area contributed by atoms with E-state index in [1.807, 2.05) is 42.5 Å². The Morgan fingerprint density at radius 2 is 2.00 bits per heavy atom. The van der Waals surface area contributed by atoms with Crippen molar-refractivity contribution in [3.05, 3.63) is 68.7 Å². The summed E-state index contributed by atoms with van der Waals surface area (Å²) in [6.45, 7) is 1.36. The Morgan fingerprint density at radius 1 is 1.24 bits per heavy atom. The first kappa shape index (κ1) is 14.4. The first-order valence-electron chi connectivity index (χ1n) is 6.56. The normalized spacial score (nSPS) is 13.1. The fourth-order valence-corrected chi connectivity index (χ4v) is 3.37. The Bertz CT molecular complexity index is 675. The molecule has 0 saturated carbocycles. The maximum atomic E-state index is 12.1. The Labute approximate surface area is 136 Å². The molecule has 5 heteroatoms. The lowest BCUT2D eigenvalue weighted by atomic mass is 10.1. The number of halogens is 2. The minimum absolute atomic E-state index is 0.286. The summed E-state index contributed by atoms with van der Waals surface area (Å²) in [4.78, 5) is 13.8. The molecule has 0 atom stereocenters. The molecule has 1 aliphatic heterocycles. The van der Waals surface area contributed by atoms with Gasteiger partial charge in [-0.25, -0.2) is 4.79 Å². The minimum Gasteiger partial charge on any atom is -0.445 e. The molecule has 0 saturated heterocycles. The van der Waals surface area contributed by atoms with Crippen LogP contribution in [0.4, 0.5) is 4.79 Å². The molecular weight excluding hydrogens is 354 g/mol. The van der Waals surface area contributed by atoms with Gasteiger partial charge in [-0.1, -0.05) is 57.9 Å². The smallest absolute Gasteiger partial charge is 0.410 e. The molecule has 0 fully saturated rings. The van der Waals surface area contributed by atoms with Crippen molar-refractivity contribution in [3.63, 3.8) is 0 Å². The molecule has 1 aliphatic rings. The van der Waals surface area contributed by atoms with Gasteiger partial charge in [-0.3, -0.25) is 4.90 Å². The summed E-state index contributed by atoms with van der Waals surface area (Å²) in [7, 11) is 0. The first-order valence-corrected chi connectivity index (χ1v) is 7.73. The molecule has 1 amide bonds. The number of carbonyl (C=O) groups excluding carboxylic acids is 1. The number of amides is 1. The number of hydrogen-bond donors (Lipinski definition) is 0. The van der Waals surface area contributed by atoms with Gasteiger partial charge in [0, 0.05) is 16.0 Å². The molecule has 0 N–H and O–H groups in total. The van der Waals surface area contributed by atoms with Crippen LogP contribution in [0.5, 0.6) is 0 Å². The van der Waals surface area contributed by atoms with Gasteiger partial charge in [-0.05, 0) is 28.8 Å². The molecule has 0 aromatic heterocycles. The molecular formula is C16H13BrClNO2. The fraction of sp³-hybridized carbons (Fsp3) is 0.188. The molecule has 0 aliphatic carbocycles. The van der Waals surface area contributed by atoms with Crippen molar-refractivity contribution in [2.45, 2.75) is 19.7 Å². The van der Waals surface area contributed by atoms with Gasteiger partial charge in [0.05, 0.1) is 6.54 Å². The van der Waals surface area contributed by atoms with Crippen LogP contribution in [-0.4, -0.2) is 11.0 Å². The summed E-state index contributed by atoms with van der Waals surface area (Å²) in [6.07, 6.45) is -0.307. The van der Waals surface area contributed by atoms with E-state index in [0.29, 0.717) is 18.1 Å². The molecule has 108 valence electrons. The largest absolute Gasteiger partial charge is 0.445 e. The zero-order chi connectivity index (χ0) is 14.8. The highest BCUT2D eigenvalue weighted by atomic mass is 79.9. The van der Waals surface area contributed by atoms with E-state index in [1.165, 1.54) is 0 Å². The predicted octanol–water partition coefficient (Wildman–Crippen LogP) is 4.75. The Morgan fingerprint density at radius 3 is 2.76 bits per heavy atom. The van der Waals surface area contributed by atoms with Gasteiger partial charge in [0.15, 0.2) is 0 Å². The van der Waals surface area contributed by atoms with Gasteiger partial charge in [-0.2, -0.15) is 0 Å². The maximum Gasteiger partial charge on any atom is 0.410 e. The van der Waals surface area contributed by atoms with Gasteiger partial charge in [0.1, 0.15) is 6.61 Å². The van der Waals surface area contributed by atoms with Crippen molar-refractivity contribution in [3.8, 4) is 0 Å². The third kappa shape index (κ3) is 3.22. The summed E-state index contributed by atoms with van der Waals surface area (Å²) in [6, 6.07) is 13.4. The first-order chi connectivity index (χ1) is 10.1. The second-order valence-corrected chi connectivity index (χ2v) is 6.21. The van der Waals surface area contributed by atoms with Crippen LogP contribution in [0.3, 0.4) is 0 Å². The van der Waals surface area contributed by atoms with Crippen molar-refractivity contribution in [1.29, 1.82) is 0 Å². The van der Waals surface area contributed by atoms with Crippen molar-refractivity contribution in [2.24, 2.45) is 0 Å². The molecule has 0 spiro atoms. The van der Waals surface area contributed by atoms with Crippen LogP contribution >= 0.6 is 27.5 Å². The highest BCUT2D eigenvalue weighted by Crippen LogP contribution is 2.32. The van der Waals surface area contributed by atoms with Crippen LogP contribution in [-0.2, 0) is 24.4 Å². The zero-order valence-corrected chi connectivity index (χ0v) is 13.5. The summed E-state index contributed by atoms with van der Waals surface area (Å²) >= 11 is 9.52. The predicted molar refractivity (Wildman–Crippen MR) is 85.0 cm³/mol.